The van der Waals surface area contributed by atoms with Crippen LogP contribution in [0.3, 0.4) is 0 Å². The Morgan fingerprint density at radius 1 is 1.32 bits per heavy atom. The molecule has 1 aromatic rings. The molecule has 0 radical (unpaired) electrons. The summed E-state index contributed by atoms with van der Waals surface area (Å²) >= 11 is 3.67. The second-order valence-corrected chi connectivity index (χ2v) is 11.4. The van der Waals surface area contributed by atoms with Crippen molar-refractivity contribution in [3.63, 3.8) is 0 Å². The Bertz CT molecular complexity index is 846. The van der Waals surface area contributed by atoms with Crippen LogP contribution in [0.4, 0.5) is 0 Å². The summed E-state index contributed by atoms with van der Waals surface area (Å²) in [6, 6.07) is 6.94. The number of halogens is 1. The van der Waals surface area contributed by atoms with E-state index < -0.39 is 10.9 Å². The van der Waals surface area contributed by atoms with Crippen LogP contribution in [-0.2, 0) is 21.4 Å². The van der Waals surface area contributed by atoms with Gasteiger partial charge in [-0.15, -0.1) is 0 Å². The fourth-order valence-corrected chi connectivity index (χ4v) is 6.65. The molecule has 0 unspecified atom stereocenters. The van der Waals surface area contributed by atoms with Crippen LogP contribution in [0.5, 0.6) is 0 Å². The van der Waals surface area contributed by atoms with E-state index in [0.717, 1.165) is 30.2 Å². The van der Waals surface area contributed by atoms with Gasteiger partial charge in [-0.3, -0.25) is 0 Å². The van der Waals surface area contributed by atoms with Gasteiger partial charge >= 0.3 is 0 Å². The fourth-order valence-electron chi connectivity index (χ4n) is 6.29. The van der Waals surface area contributed by atoms with Gasteiger partial charge in [0.2, 0.25) is 0 Å². The van der Waals surface area contributed by atoms with E-state index in [1.165, 1.54) is 11.1 Å². The molecule has 2 aliphatic carbocycles. The Hall–Kier alpha value is -0.745. The van der Waals surface area contributed by atoms with Crippen molar-refractivity contribution in [2.45, 2.75) is 54.9 Å². The quantitative estimate of drug-likeness (QED) is 0.553. The number of rotatable bonds is 2. The van der Waals surface area contributed by atoms with Crippen molar-refractivity contribution >= 4 is 61.2 Å². The lowest BCUT2D eigenvalue weighted by Crippen LogP contribution is -2.60. The third kappa shape index (κ3) is 2.93. The van der Waals surface area contributed by atoms with Crippen molar-refractivity contribution in [2.24, 2.45) is 22.1 Å². The number of nitrogens with two attached hydrogens (primary N) is 1. The van der Waals surface area contributed by atoms with E-state index >= 15 is 0 Å². The molecule has 1 aromatic carbocycles. The van der Waals surface area contributed by atoms with E-state index in [1.807, 2.05) is 0 Å². The van der Waals surface area contributed by atoms with E-state index in [0.29, 0.717) is 11.9 Å². The van der Waals surface area contributed by atoms with Gasteiger partial charge in [-0.05, 0) is 60.2 Å². The van der Waals surface area contributed by atoms with Crippen LogP contribution >= 0.6 is 15.9 Å². The highest BCUT2D eigenvalue weighted by molar-refractivity contribution is 9.10. The first-order chi connectivity index (χ1) is 12.9. The van der Waals surface area contributed by atoms with E-state index in [2.05, 4.69) is 80.3 Å². The molecule has 0 aromatic heterocycles. The number of fused-ring (bicyclic) bond motifs is 3. The van der Waals surface area contributed by atoms with Crippen LogP contribution in [0, 0.1) is 11.3 Å². The molecule has 2 spiro atoms. The lowest BCUT2D eigenvalue weighted by atomic mass is 9.44. The third-order valence-corrected chi connectivity index (χ3v) is 7.52. The van der Waals surface area contributed by atoms with Crippen molar-refractivity contribution in [2.75, 3.05) is 0 Å². The Balaban J connectivity index is 1.80. The van der Waals surface area contributed by atoms with Gasteiger partial charge in [0, 0.05) is 9.89 Å². The summed E-state index contributed by atoms with van der Waals surface area (Å²) in [4.78, 5) is 5.08. The highest BCUT2D eigenvalue weighted by atomic mass is 79.9. The van der Waals surface area contributed by atoms with Gasteiger partial charge in [0.1, 0.15) is 29.1 Å². The second kappa shape index (κ2) is 6.37. The molecule has 4 atom stereocenters. The first-order valence-electron chi connectivity index (χ1n) is 10.4. The van der Waals surface area contributed by atoms with Crippen LogP contribution in [0.1, 0.15) is 37.3 Å². The minimum atomic E-state index is -0.486. The summed E-state index contributed by atoms with van der Waals surface area (Å²) in [7, 11) is 10.7. The predicted octanol–water partition coefficient (Wildman–Crippen LogP) is -1.83. The van der Waals surface area contributed by atoms with Crippen molar-refractivity contribution in [1.82, 2.24) is 0 Å². The minimum absolute atomic E-state index is 0.00208. The van der Waals surface area contributed by atoms with Gasteiger partial charge in [0.05, 0.1) is 11.5 Å². The van der Waals surface area contributed by atoms with Crippen LogP contribution < -0.4 is 5.73 Å². The first kappa shape index (κ1) is 20.5. The lowest BCUT2D eigenvalue weighted by Gasteiger charge is -2.53. The second-order valence-electron chi connectivity index (χ2n) is 10.5. The Kier molecular flexibility index (Phi) is 4.67. The average molecular weight is 438 g/mol. The Labute approximate surface area is 181 Å². The van der Waals surface area contributed by atoms with E-state index in [1.54, 1.807) is 0 Å². The molecule has 10 heteroatoms. The normalized spacial score (nSPS) is 36.3. The van der Waals surface area contributed by atoms with E-state index in [9.17, 15) is 0 Å². The molecule has 0 saturated heterocycles. The zero-order valence-corrected chi connectivity index (χ0v) is 19.5. The van der Waals surface area contributed by atoms with Gasteiger partial charge in [-0.2, -0.15) is 0 Å². The summed E-state index contributed by atoms with van der Waals surface area (Å²) in [5.74, 6) is 0.454. The Morgan fingerprint density at radius 2 is 2.04 bits per heavy atom. The van der Waals surface area contributed by atoms with Gasteiger partial charge < -0.3 is 15.2 Å². The summed E-state index contributed by atoms with van der Waals surface area (Å²) in [5.41, 5.74) is 8.38. The molecule has 28 heavy (non-hydrogen) atoms. The van der Waals surface area contributed by atoms with Crippen molar-refractivity contribution in [1.29, 1.82) is 0 Å². The van der Waals surface area contributed by atoms with Crippen LogP contribution in [-0.4, -0.2) is 62.1 Å². The summed E-state index contributed by atoms with van der Waals surface area (Å²) in [5, 5.41) is -0.608. The Morgan fingerprint density at radius 3 is 2.61 bits per heavy atom. The van der Waals surface area contributed by atoms with Gasteiger partial charge in [-0.1, -0.05) is 28.9 Å². The molecule has 1 fully saturated rings. The monoisotopic (exact) mass is 438 g/mol. The first-order valence-corrected chi connectivity index (χ1v) is 11.2. The smallest absolute Gasteiger partial charge is 0.282 e. The largest absolute Gasteiger partial charge is 0.475 e. The highest BCUT2D eigenvalue weighted by Crippen LogP contribution is 2.65. The topological polar surface area (TPSA) is 56.8 Å². The van der Waals surface area contributed by atoms with Crippen LogP contribution in [0.2, 0.25) is 0 Å². The number of hydrogen-bond acceptors (Lipinski definition) is 4. The molecule has 1 aliphatic heterocycles. The maximum absolute atomic E-state index is 6.41. The minimum Gasteiger partial charge on any atom is -0.475 e. The molecule has 4 nitrogen and oxygen atoms in total. The number of nitrogens with zero attached hydrogens (tertiary/aromatic N) is 1. The third-order valence-electron chi connectivity index (χ3n) is 7.03. The van der Waals surface area contributed by atoms with Crippen LogP contribution in [0.25, 0.3) is 0 Å². The molecule has 0 bridgehead atoms. The maximum Gasteiger partial charge on any atom is 0.282 e. The zero-order valence-electron chi connectivity index (χ0n) is 17.9. The number of aliphatic imine (C=N–C) groups is 1. The number of amidine groups is 1. The van der Waals surface area contributed by atoms with Gasteiger partial charge in [0.25, 0.3) is 6.02 Å². The molecule has 4 rings (SSSR count). The molecule has 144 valence electrons. The maximum atomic E-state index is 6.41. The summed E-state index contributed by atoms with van der Waals surface area (Å²) in [6.07, 6.45) is 4.47. The summed E-state index contributed by atoms with van der Waals surface area (Å²) < 4.78 is 13.6. The van der Waals surface area contributed by atoms with E-state index in [-0.39, 0.29) is 16.8 Å². The van der Waals surface area contributed by atoms with Gasteiger partial charge in [0.15, 0.2) is 15.7 Å². The molecule has 0 amide bonds. The summed E-state index contributed by atoms with van der Waals surface area (Å²) in [6.45, 7) is 2.33. The van der Waals surface area contributed by atoms with Crippen molar-refractivity contribution in [3.05, 3.63) is 33.8 Å². The zero-order chi connectivity index (χ0) is 20.5. The molecule has 2 N–H and O–H groups in total. The molecule has 1 saturated carbocycles. The van der Waals surface area contributed by atoms with Crippen molar-refractivity contribution < 1.29 is 9.47 Å². The van der Waals surface area contributed by atoms with Gasteiger partial charge in [-0.25, -0.2) is 4.99 Å². The lowest BCUT2D eigenvalue weighted by molar-refractivity contribution is -0.0744. The highest BCUT2D eigenvalue weighted by Gasteiger charge is 2.69. The number of hydrogen-bond donors (Lipinski definition) is 1. The van der Waals surface area contributed by atoms with Crippen molar-refractivity contribution in [3.8, 4) is 0 Å². The van der Waals surface area contributed by atoms with Crippen LogP contribution in [0.15, 0.2) is 27.7 Å². The molecular formula is C18H28B5BrN2O2. The van der Waals surface area contributed by atoms with E-state index in [4.69, 9.17) is 20.2 Å². The number of ether oxygens (including phenoxy) is 2. The SMILES string of the molecule is BC(B)(B)O[C@@H]1CC[C@]2(Cc3ccc(Br)cc3[C@]23N=C(N)OC3(B)B)C[C@H]1C. The molecule has 3 aliphatic rings. The molecule has 1 heterocycles. The predicted molar refractivity (Wildman–Crippen MR) is 131 cm³/mol. The number of benzene rings is 1. The fraction of sp³-hybridized carbons (Fsp3) is 0.611. The average Bonchev–Trinajstić information content (AvgIpc) is 2.94. The molecular weight excluding hydrogens is 410 g/mol. The standard InChI is InChI=1S/C18H28B5BrN2O2/c1-9-7-15(5-4-13(9)27-18(21,22)23)8-10-2-3-11(24)6-12(10)16(15)17(19,20)28-14(25)26-16/h2-3,6,9,13H,4-5,7-8,19-23H2,1H3,(H2,25,26)/t9-,13-,15-,16+/m1/s1.